The van der Waals surface area contributed by atoms with Crippen molar-refractivity contribution in [1.82, 2.24) is 4.98 Å². The third kappa shape index (κ3) is 1.02. The van der Waals surface area contributed by atoms with Crippen LogP contribution in [0.5, 0.6) is 0 Å². The Hall–Kier alpha value is -1.25. The van der Waals surface area contributed by atoms with Crippen molar-refractivity contribution in [1.29, 1.82) is 0 Å². The first-order chi connectivity index (χ1) is 5.79. The molecule has 3 nitrogen and oxygen atoms in total. The Morgan fingerprint density at radius 3 is 3.17 bits per heavy atom. The van der Waals surface area contributed by atoms with Gasteiger partial charge in [-0.3, -0.25) is 4.79 Å². The highest BCUT2D eigenvalue weighted by atomic mass is 16.1. The fourth-order valence-corrected chi connectivity index (χ4v) is 1.71. The molecular formula is C9H12N2O. The molecule has 2 heterocycles. The Morgan fingerprint density at radius 2 is 2.42 bits per heavy atom. The van der Waals surface area contributed by atoms with Crippen molar-refractivity contribution in [3.05, 3.63) is 28.2 Å². The van der Waals surface area contributed by atoms with Gasteiger partial charge in [0.15, 0.2) is 0 Å². The molecule has 64 valence electrons. The van der Waals surface area contributed by atoms with Crippen LogP contribution in [0.1, 0.15) is 12.0 Å². The van der Waals surface area contributed by atoms with Gasteiger partial charge in [-0.2, -0.15) is 0 Å². The quantitative estimate of drug-likeness (QED) is 0.614. The molecule has 0 unspecified atom stereocenters. The number of rotatable bonds is 0. The molecule has 0 spiro atoms. The molecule has 12 heavy (non-hydrogen) atoms. The maximum atomic E-state index is 11.3. The Morgan fingerprint density at radius 1 is 1.58 bits per heavy atom. The van der Waals surface area contributed by atoms with Gasteiger partial charge in [-0.25, -0.2) is 0 Å². The van der Waals surface area contributed by atoms with E-state index in [0.717, 1.165) is 30.6 Å². The summed E-state index contributed by atoms with van der Waals surface area (Å²) in [5.74, 6) is 0. The van der Waals surface area contributed by atoms with Crippen LogP contribution in [0.15, 0.2) is 17.1 Å². The van der Waals surface area contributed by atoms with Crippen molar-refractivity contribution in [3.8, 4) is 0 Å². The summed E-state index contributed by atoms with van der Waals surface area (Å²) in [5.41, 5.74) is 2.09. The van der Waals surface area contributed by atoms with Gasteiger partial charge in [0.2, 0.25) is 0 Å². The number of aromatic nitrogens is 1. The van der Waals surface area contributed by atoms with Crippen LogP contribution >= 0.6 is 0 Å². The van der Waals surface area contributed by atoms with E-state index in [9.17, 15) is 4.79 Å². The fourth-order valence-electron chi connectivity index (χ4n) is 1.71. The number of anilines is 1. The fraction of sp³-hybridized carbons (Fsp3) is 0.444. The molecule has 1 N–H and O–H groups in total. The third-order valence-electron chi connectivity index (χ3n) is 2.37. The topological polar surface area (TPSA) is 36.1 Å². The molecule has 1 aliphatic rings. The van der Waals surface area contributed by atoms with Crippen molar-refractivity contribution >= 4 is 5.69 Å². The highest BCUT2D eigenvalue weighted by Gasteiger charge is 2.15. The Balaban J connectivity index is 2.59. The van der Waals surface area contributed by atoms with Gasteiger partial charge in [0.25, 0.3) is 5.56 Å². The van der Waals surface area contributed by atoms with Crippen LogP contribution in [0.25, 0.3) is 0 Å². The van der Waals surface area contributed by atoms with Gasteiger partial charge >= 0.3 is 0 Å². The van der Waals surface area contributed by atoms with Crippen LogP contribution in [-0.2, 0) is 6.42 Å². The molecule has 1 aliphatic heterocycles. The highest BCUT2D eigenvalue weighted by molar-refractivity contribution is 5.53. The molecule has 0 aromatic carbocycles. The summed E-state index contributed by atoms with van der Waals surface area (Å²) < 4.78 is 0. The number of aromatic amines is 1. The molecule has 0 radical (unpaired) electrons. The molecular weight excluding hydrogens is 152 g/mol. The Kier molecular flexibility index (Phi) is 1.64. The summed E-state index contributed by atoms with van der Waals surface area (Å²) in [7, 11) is 2.03. The molecule has 0 aliphatic carbocycles. The van der Waals surface area contributed by atoms with Crippen molar-refractivity contribution < 1.29 is 0 Å². The smallest absolute Gasteiger partial charge is 0.253 e. The lowest BCUT2D eigenvalue weighted by Crippen LogP contribution is -2.29. The van der Waals surface area contributed by atoms with Gasteiger partial charge in [0, 0.05) is 31.0 Å². The van der Waals surface area contributed by atoms with Crippen molar-refractivity contribution in [3.63, 3.8) is 0 Å². The van der Waals surface area contributed by atoms with Crippen LogP contribution in [0.3, 0.4) is 0 Å². The number of H-pyrrole nitrogens is 1. The monoisotopic (exact) mass is 164 g/mol. The van der Waals surface area contributed by atoms with E-state index >= 15 is 0 Å². The summed E-state index contributed by atoms with van der Waals surface area (Å²) in [6.07, 6.45) is 3.70. The van der Waals surface area contributed by atoms with Crippen LogP contribution in [0.2, 0.25) is 0 Å². The van der Waals surface area contributed by atoms with E-state index < -0.39 is 0 Å². The minimum absolute atomic E-state index is 0.0686. The molecule has 0 saturated heterocycles. The van der Waals surface area contributed by atoms with Gasteiger partial charge in [-0.1, -0.05) is 0 Å². The third-order valence-corrected chi connectivity index (χ3v) is 2.37. The first kappa shape index (κ1) is 7.40. The molecule has 0 bridgehead atoms. The van der Waals surface area contributed by atoms with E-state index in [1.807, 2.05) is 13.1 Å². The number of pyridine rings is 1. The van der Waals surface area contributed by atoms with E-state index in [2.05, 4.69) is 9.88 Å². The van der Waals surface area contributed by atoms with Crippen LogP contribution in [0, 0.1) is 0 Å². The van der Waals surface area contributed by atoms with Crippen molar-refractivity contribution in [2.45, 2.75) is 12.8 Å². The second-order valence-corrected chi connectivity index (χ2v) is 3.20. The summed E-state index contributed by atoms with van der Waals surface area (Å²) >= 11 is 0. The number of nitrogens with zero attached hydrogens (tertiary/aromatic N) is 1. The summed E-state index contributed by atoms with van der Waals surface area (Å²) in [4.78, 5) is 16.2. The molecule has 0 fully saturated rings. The molecule has 3 heteroatoms. The van der Waals surface area contributed by atoms with Crippen LogP contribution in [-0.4, -0.2) is 18.6 Å². The lowest BCUT2D eigenvalue weighted by Gasteiger charge is -2.26. The van der Waals surface area contributed by atoms with Gasteiger partial charge in [0.1, 0.15) is 0 Å². The number of hydrogen-bond donors (Lipinski definition) is 1. The van der Waals surface area contributed by atoms with Crippen molar-refractivity contribution in [2.24, 2.45) is 0 Å². The summed E-state index contributed by atoms with van der Waals surface area (Å²) in [5, 5.41) is 0. The average molecular weight is 164 g/mol. The number of nitrogens with one attached hydrogen (secondary N) is 1. The first-order valence-electron chi connectivity index (χ1n) is 4.21. The number of hydrogen-bond acceptors (Lipinski definition) is 2. The Labute approximate surface area is 71.0 Å². The second kappa shape index (κ2) is 2.66. The molecule has 0 saturated carbocycles. The SMILES string of the molecule is CN1CCCc2c1cc[nH]c2=O. The molecule has 2 rings (SSSR count). The standard InChI is InChI=1S/C9H12N2O/c1-11-6-2-3-7-8(11)4-5-10-9(7)12/h4-5H,2-3,6H2,1H3,(H,10,12). The highest BCUT2D eigenvalue weighted by Crippen LogP contribution is 2.21. The zero-order valence-electron chi connectivity index (χ0n) is 7.13. The van der Waals surface area contributed by atoms with Gasteiger partial charge < -0.3 is 9.88 Å². The maximum Gasteiger partial charge on any atom is 0.253 e. The molecule has 1 aromatic rings. The van der Waals surface area contributed by atoms with Gasteiger partial charge in [-0.15, -0.1) is 0 Å². The molecule has 0 atom stereocenters. The van der Waals surface area contributed by atoms with Crippen LogP contribution in [0.4, 0.5) is 5.69 Å². The van der Waals surface area contributed by atoms with Crippen molar-refractivity contribution in [2.75, 3.05) is 18.5 Å². The molecule has 1 aromatic heterocycles. The van der Waals surface area contributed by atoms with E-state index in [4.69, 9.17) is 0 Å². The molecule has 0 amide bonds. The predicted octanol–water partition coefficient (Wildman–Crippen LogP) is 0.757. The number of fused-ring (bicyclic) bond motifs is 1. The van der Waals surface area contributed by atoms with E-state index in [1.165, 1.54) is 0 Å². The zero-order valence-corrected chi connectivity index (χ0v) is 7.13. The lowest BCUT2D eigenvalue weighted by atomic mass is 10.0. The predicted molar refractivity (Wildman–Crippen MR) is 48.7 cm³/mol. The largest absolute Gasteiger partial charge is 0.374 e. The second-order valence-electron chi connectivity index (χ2n) is 3.20. The normalized spacial score (nSPS) is 15.9. The first-order valence-corrected chi connectivity index (χ1v) is 4.21. The zero-order chi connectivity index (χ0) is 8.55. The van der Waals surface area contributed by atoms with E-state index in [1.54, 1.807) is 6.20 Å². The lowest BCUT2D eigenvalue weighted by molar-refractivity contribution is 0.734. The minimum Gasteiger partial charge on any atom is -0.374 e. The maximum absolute atomic E-state index is 11.3. The summed E-state index contributed by atoms with van der Waals surface area (Å²) in [6, 6.07) is 1.97. The van der Waals surface area contributed by atoms with E-state index in [-0.39, 0.29) is 5.56 Å². The van der Waals surface area contributed by atoms with Gasteiger partial charge in [0.05, 0.1) is 0 Å². The summed E-state index contributed by atoms with van der Waals surface area (Å²) in [6.45, 7) is 1.05. The minimum atomic E-state index is 0.0686. The van der Waals surface area contributed by atoms with E-state index in [0.29, 0.717) is 0 Å². The van der Waals surface area contributed by atoms with Gasteiger partial charge in [-0.05, 0) is 18.9 Å². The Bertz CT molecular complexity index is 343. The van der Waals surface area contributed by atoms with Crippen LogP contribution < -0.4 is 10.5 Å². The average Bonchev–Trinajstić information content (AvgIpc) is 2.07.